The summed E-state index contributed by atoms with van der Waals surface area (Å²) < 4.78 is 30.6. The molecule has 2 heterocycles. The van der Waals surface area contributed by atoms with Gasteiger partial charge in [-0.15, -0.1) is 0 Å². The number of rotatable bonds is 7. The van der Waals surface area contributed by atoms with E-state index < -0.39 is 9.84 Å². The molecule has 0 saturated heterocycles. The van der Waals surface area contributed by atoms with E-state index in [9.17, 15) is 8.42 Å². The zero-order valence-electron chi connectivity index (χ0n) is 13.8. The van der Waals surface area contributed by atoms with Gasteiger partial charge in [-0.05, 0) is 26.0 Å². The second-order valence-corrected chi connectivity index (χ2v) is 7.33. The zero-order chi connectivity index (χ0) is 17.0. The Morgan fingerprint density at radius 2 is 2.09 bits per heavy atom. The number of aromatic nitrogens is 3. The summed E-state index contributed by atoms with van der Waals surface area (Å²) in [6, 6.07) is 3.16. The van der Waals surface area contributed by atoms with Crippen LogP contribution in [0, 0.1) is 13.8 Å². The smallest absolute Gasteiger partial charge is 0.179 e. The van der Waals surface area contributed by atoms with Crippen LogP contribution < -0.4 is 5.32 Å². The third-order valence-electron chi connectivity index (χ3n) is 3.64. The molecule has 1 N–H and O–H groups in total. The van der Waals surface area contributed by atoms with E-state index in [1.165, 1.54) is 6.26 Å². The second kappa shape index (κ2) is 7.10. The van der Waals surface area contributed by atoms with Gasteiger partial charge in [0.15, 0.2) is 9.84 Å². The van der Waals surface area contributed by atoms with Crippen molar-refractivity contribution in [1.29, 1.82) is 0 Å². The first-order chi connectivity index (χ1) is 10.8. The van der Waals surface area contributed by atoms with Crippen molar-refractivity contribution in [1.82, 2.24) is 14.8 Å². The molecule has 0 amide bonds. The van der Waals surface area contributed by atoms with Crippen LogP contribution in [0.3, 0.4) is 0 Å². The maximum atomic E-state index is 11.8. The Morgan fingerprint density at radius 1 is 1.35 bits per heavy atom. The maximum Gasteiger partial charge on any atom is 0.179 e. The highest BCUT2D eigenvalue weighted by Crippen LogP contribution is 2.20. The van der Waals surface area contributed by atoms with Crippen LogP contribution in [0.1, 0.15) is 17.0 Å². The van der Waals surface area contributed by atoms with E-state index in [0.29, 0.717) is 25.5 Å². The number of hydrogen-bond donors (Lipinski definition) is 1. The van der Waals surface area contributed by atoms with Crippen molar-refractivity contribution in [3.63, 3.8) is 0 Å². The molecular weight excluding hydrogens is 316 g/mol. The minimum atomic E-state index is -3.33. The van der Waals surface area contributed by atoms with E-state index in [1.54, 1.807) is 25.4 Å². The number of methoxy groups -OCH3 is 1. The van der Waals surface area contributed by atoms with Gasteiger partial charge in [0.1, 0.15) is 10.7 Å². The molecule has 0 unspecified atom stereocenters. The van der Waals surface area contributed by atoms with Crippen LogP contribution in [0.2, 0.25) is 0 Å². The summed E-state index contributed by atoms with van der Waals surface area (Å²) in [6.07, 6.45) is 2.74. The minimum Gasteiger partial charge on any atom is -0.383 e. The molecular formula is C15H22N4O3S. The fraction of sp³-hybridized carbons (Fsp3) is 0.467. The third-order valence-corrected chi connectivity index (χ3v) is 4.77. The molecule has 2 rings (SSSR count). The molecule has 0 atom stereocenters. The predicted molar refractivity (Wildman–Crippen MR) is 88.3 cm³/mol. The molecule has 0 saturated carbocycles. The van der Waals surface area contributed by atoms with Gasteiger partial charge in [0, 0.05) is 37.4 Å². The Hall–Kier alpha value is -1.93. The average molecular weight is 338 g/mol. The van der Waals surface area contributed by atoms with Crippen molar-refractivity contribution in [3.8, 4) is 0 Å². The monoisotopic (exact) mass is 338 g/mol. The highest BCUT2D eigenvalue weighted by atomic mass is 32.2. The summed E-state index contributed by atoms with van der Waals surface area (Å²) in [5.74, 6) is 0.360. The Morgan fingerprint density at radius 3 is 2.74 bits per heavy atom. The van der Waals surface area contributed by atoms with Gasteiger partial charge in [0.05, 0.1) is 18.8 Å². The Kier molecular flexibility index (Phi) is 5.38. The van der Waals surface area contributed by atoms with Crippen LogP contribution in [0.25, 0.3) is 0 Å². The first kappa shape index (κ1) is 17.4. The van der Waals surface area contributed by atoms with Gasteiger partial charge < -0.3 is 10.1 Å². The highest BCUT2D eigenvalue weighted by molar-refractivity contribution is 7.90. The van der Waals surface area contributed by atoms with Gasteiger partial charge in [-0.2, -0.15) is 5.10 Å². The number of aryl methyl sites for hydroxylation is 1. The van der Waals surface area contributed by atoms with Crippen LogP contribution >= 0.6 is 0 Å². The number of hydrogen-bond acceptors (Lipinski definition) is 6. The molecule has 2 aromatic rings. The Balaban J connectivity index is 2.21. The van der Waals surface area contributed by atoms with Crippen molar-refractivity contribution in [2.75, 3.05) is 25.3 Å². The van der Waals surface area contributed by atoms with Crippen molar-refractivity contribution in [2.24, 2.45) is 0 Å². The Bertz CT molecular complexity index is 784. The molecule has 0 aliphatic rings. The van der Waals surface area contributed by atoms with Gasteiger partial charge in [0.2, 0.25) is 0 Å². The topological polar surface area (TPSA) is 86.1 Å². The van der Waals surface area contributed by atoms with Crippen molar-refractivity contribution >= 4 is 15.7 Å². The van der Waals surface area contributed by atoms with Crippen LogP contribution in [0.4, 0.5) is 5.82 Å². The summed E-state index contributed by atoms with van der Waals surface area (Å²) in [7, 11) is -1.67. The van der Waals surface area contributed by atoms with Crippen LogP contribution in [-0.2, 0) is 27.7 Å². The standard InChI is InChI=1S/C15H22N4O3S/c1-11-13(12(2)19(18-11)8-9-22-3)10-17-15-14(23(4,20)21)6-5-7-16-15/h5-7H,8-10H2,1-4H3,(H,16,17). The lowest BCUT2D eigenvalue weighted by Crippen LogP contribution is -2.10. The first-order valence-corrected chi connectivity index (χ1v) is 9.14. The van der Waals surface area contributed by atoms with E-state index in [1.807, 2.05) is 18.5 Å². The van der Waals surface area contributed by atoms with Crippen molar-refractivity contribution in [3.05, 3.63) is 35.3 Å². The number of sulfone groups is 1. The van der Waals surface area contributed by atoms with Gasteiger partial charge in [-0.1, -0.05) is 0 Å². The number of nitrogens with one attached hydrogen (secondary N) is 1. The lowest BCUT2D eigenvalue weighted by Gasteiger charge is -2.10. The second-order valence-electron chi connectivity index (χ2n) is 5.34. The molecule has 0 bridgehead atoms. The fourth-order valence-electron chi connectivity index (χ4n) is 2.38. The molecule has 0 fully saturated rings. The fourth-order valence-corrected chi connectivity index (χ4v) is 3.18. The van der Waals surface area contributed by atoms with Crippen molar-refractivity contribution < 1.29 is 13.2 Å². The summed E-state index contributed by atoms with van der Waals surface area (Å²) in [5.41, 5.74) is 2.97. The minimum absolute atomic E-state index is 0.196. The molecule has 0 radical (unpaired) electrons. The van der Waals surface area contributed by atoms with E-state index in [4.69, 9.17) is 4.74 Å². The van der Waals surface area contributed by atoms with Gasteiger partial charge in [-0.25, -0.2) is 13.4 Å². The number of nitrogens with zero attached hydrogens (tertiary/aromatic N) is 3. The van der Waals surface area contributed by atoms with E-state index in [2.05, 4.69) is 15.4 Å². The van der Waals surface area contributed by atoms with E-state index in [0.717, 1.165) is 17.0 Å². The van der Waals surface area contributed by atoms with Crippen LogP contribution in [-0.4, -0.2) is 43.2 Å². The molecule has 0 spiro atoms. The molecule has 126 valence electrons. The van der Waals surface area contributed by atoms with Crippen molar-refractivity contribution in [2.45, 2.75) is 31.8 Å². The molecule has 8 heteroatoms. The normalized spacial score (nSPS) is 11.7. The molecule has 0 aromatic carbocycles. The van der Waals surface area contributed by atoms with Crippen LogP contribution in [0.5, 0.6) is 0 Å². The summed E-state index contributed by atoms with van der Waals surface area (Å²) in [6.45, 7) is 5.66. The van der Waals surface area contributed by atoms with Crippen LogP contribution in [0.15, 0.2) is 23.2 Å². The predicted octanol–water partition coefficient (Wildman–Crippen LogP) is 1.56. The molecule has 23 heavy (non-hydrogen) atoms. The largest absolute Gasteiger partial charge is 0.383 e. The van der Waals surface area contributed by atoms with E-state index in [-0.39, 0.29) is 4.90 Å². The highest BCUT2D eigenvalue weighted by Gasteiger charge is 2.16. The number of anilines is 1. The van der Waals surface area contributed by atoms with E-state index >= 15 is 0 Å². The first-order valence-electron chi connectivity index (χ1n) is 7.25. The zero-order valence-corrected chi connectivity index (χ0v) is 14.6. The lowest BCUT2D eigenvalue weighted by molar-refractivity contribution is 0.182. The molecule has 2 aromatic heterocycles. The van der Waals surface area contributed by atoms with Gasteiger partial charge >= 0.3 is 0 Å². The molecule has 0 aliphatic heterocycles. The summed E-state index contributed by atoms with van der Waals surface area (Å²) in [5, 5.41) is 7.60. The lowest BCUT2D eigenvalue weighted by atomic mass is 10.2. The quantitative estimate of drug-likeness (QED) is 0.824. The van der Waals surface area contributed by atoms with Gasteiger partial charge in [-0.3, -0.25) is 4.68 Å². The number of ether oxygens (including phenoxy) is 1. The number of pyridine rings is 1. The molecule has 7 nitrogen and oxygen atoms in total. The summed E-state index contributed by atoms with van der Waals surface area (Å²) in [4.78, 5) is 4.33. The maximum absolute atomic E-state index is 11.8. The SMILES string of the molecule is COCCn1nc(C)c(CNc2ncccc2S(C)(=O)=O)c1C. The Labute approximate surface area is 136 Å². The average Bonchev–Trinajstić information content (AvgIpc) is 2.76. The summed E-state index contributed by atoms with van der Waals surface area (Å²) >= 11 is 0. The third kappa shape index (κ3) is 4.08. The molecule has 0 aliphatic carbocycles. The van der Waals surface area contributed by atoms with Gasteiger partial charge in [0.25, 0.3) is 0 Å².